The van der Waals surface area contributed by atoms with Crippen molar-refractivity contribution in [1.82, 2.24) is 9.80 Å². The van der Waals surface area contributed by atoms with Gasteiger partial charge in [-0.1, -0.05) is 51.1 Å². The lowest BCUT2D eigenvalue weighted by Crippen LogP contribution is -2.61. The Morgan fingerprint density at radius 1 is 1.07 bits per heavy atom. The number of nitrogens with zero attached hydrogens (tertiary/aromatic N) is 2. The van der Waals surface area contributed by atoms with E-state index in [0.29, 0.717) is 30.5 Å². The summed E-state index contributed by atoms with van der Waals surface area (Å²) in [4.78, 5) is 44.9. The van der Waals surface area contributed by atoms with Crippen molar-refractivity contribution in [2.75, 3.05) is 20.2 Å². The average Bonchev–Trinajstić information content (AvgIpc) is 3.48. The molecule has 2 amide bonds. The van der Waals surface area contributed by atoms with Crippen LogP contribution in [0.2, 0.25) is 0 Å². The molecule has 0 N–H and O–H groups in total. The molecule has 2 fully saturated rings. The zero-order valence-corrected chi connectivity index (χ0v) is 24.8. The third-order valence-corrected chi connectivity index (χ3v) is 9.12. The number of fused-ring (bicyclic) bond motifs is 1. The molecule has 0 spiro atoms. The minimum absolute atomic E-state index is 0.0327. The Labute approximate surface area is 242 Å². The zero-order valence-electron chi connectivity index (χ0n) is 24.8. The van der Waals surface area contributed by atoms with E-state index in [2.05, 4.69) is 45.0 Å². The predicted molar refractivity (Wildman–Crippen MR) is 153 cm³/mol. The second-order valence-electron chi connectivity index (χ2n) is 12.8. The van der Waals surface area contributed by atoms with Crippen molar-refractivity contribution in [3.8, 4) is 0 Å². The number of methoxy groups -OCH3 is 1. The van der Waals surface area contributed by atoms with E-state index in [9.17, 15) is 14.4 Å². The van der Waals surface area contributed by atoms with Gasteiger partial charge in [-0.25, -0.2) is 0 Å². The van der Waals surface area contributed by atoms with Crippen LogP contribution in [0.3, 0.4) is 0 Å². The lowest BCUT2D eigenvalue weighted by Gasteiger charge is -2.52. The lowest BCUT2D eigenvalue weighted by atomic mass is 9.65. The second-order valence-corrected chi connectivity index (χ2v) is 12.8. The van der Waals surface area contributed by atoms with Crippen molar-refractivity contribution < 1.29 is 28.3 Å². The Balaban J connectivity index is 1.42. The van der Waals surface area contributed by atoms with Crippen LogP contribution in [0.5, 0.6) is 0 Å². The third-order valence-electron chi connectivity index (χ3n) is 9.12. The van der Waals surface area contributed by atoms with Gasteiger partial charge in [-0.15, -0.1) is 0 Å². The van der Waals surface area contributed by atoms with Gasteiger partial charge in [0.2, 0.25) is 11.8 Å². The molecule has 0 saturated carbocycles. The number of ether oxygens (including phenoxy) is 2. The first kappa shape index (κ1) is 29.1. The molecule has 0 radical (unpaired) electrons. The van der Waals surface area contributed by atoms with E-state index in [1.807, 2.05) is 30.0 Å². The minimum Gasteiger partial charge on any atom is -0.468 e. The van der Waals surface area contributed by atoms with Crippen molar-refractivity contribution in [2.24, 2.45) is 16.7 Å². The maximum atomic E-state index is 14.2. The number of piperidine rings is 2. The van der Waals surface area contributed by atoms with Crippen LogP contribution in [0.4, 0.5) is 0 Å². The fraction of sp³-hybridized carbons (Fsp3) is 0.545. The third kappa shape index (κ3) is 5.59. The van der Waals surface area contributed by atoms with Crippen LogP contribution < -0.4 is 0 Å². The van der Waals surface area contributed by atoms with E-state index < -0.39 is 23.4 Å². The van der Waals surface area contributed by atoms with Gasteiger partial charge in [0.15, 0.2) is 0 Å². The van der Waals surface area contributed by atoms with Gasteiger partial charge in [-0.05, 0) is 61.3 Å². The number of benzene rings is 1. The Kier molecular flexibility index (Phi) is 8.15. The first-order chi connectivity index (χ1) is 19.5. The molecule has 8 heteroatoms. The van der Waals surface area contributed by atoms with Crippen molar-refractivity contribution in [1.29, 1.82) is 0 Å². The maximum Gasteiger partial charge on any atom is 0.320 e. The van der Waals surface area contributed by atoms with E-state index in [1.165, 1.54) is 12.7 Å². The predicted octanol–water partition coefficient (Wildman–Crippen LogP) is 5.30. The molecule has 3 aliphatic rings. The minimum atomic E-state index is -1.22. The highest BCUT2D eigenvalue weighted by molar-refractivity contribution is 5.92. The summed E-state index contributed by atoms with van der Waals surface area (Å²) in [5.74, 6) is -0.371. The van der Waals surface area contributed by atoms with Crippen LogP contribution in [-0.2, 0) is 30.4 Å². The lowest BCUT2D eigenvalue weighted by molar-refractivity contribution is -0.181. The largest absolute Gasteiger partial charge is 0.468 e. The fourth-order valence-corrected chi connectivity index (χ4v) is 6.69. The number of hydrogen-bond acceptors (Lipinski definition) is 6. The standard InChI is InChI=1S/C33H42N2O6/c1-22-33(31(38)39-5)20-25(18-29(36)34-15-13-24(14-16-34)23-10-7-6-8-11-23)30(37)35(21-26-12-9-17-40-26)27(33)19-28(41-22)32(2,3)4/h6-12,17,19,22,24-25,28H,13-16,18,20-21H2,1-5H3/t22-,25+,28-,33+/m1/s1. The summed E-state index contributed by atoms with van der Waals surface area (Å²) in [5, 5.41) is 0. The highest BCUT2D eigenvalue weighted by Gasteiger charge is 2.60. The summed E-state index contributed by atoms with van der Waals surface area (Å²) in [6.07, 6.45) is 4.55. The highest BCUT2D eigenvalue weighted by Crippen LogP contribution is 2.52. The van der Waals surface area contributed by atoms with E-state index in [1.54, 1.807) is 17.2 Å². The molecule has 5 rings (SSSR count). The molecule has 4 atom stereocenters. The molecular formula is C33H42N2O6. The van der Waals surface area contributed by atoms with Crippen LogP contribution in [0, 0.1) is 16.7 Å². The van der Waals surface area contributed by atoms with Gasteiger partial charge in [0.1, 0.15) is 11.2 Å². The topological polar surface area (TPSA) is 89.3 Å². The highest BCUT2D eigenvalue weighted by atomic mass is 16.5. The normalized spacial score (nSPS) is 27.3. The summed E-state index contributed by atoms with van der Waals surface area (Å²) in [6.45, 7) is 9.53. The Morgan fingerprint density at radius 2 is 1.78 bits per heavy atom. The van der Waals surface area contributed by atoms with Gasteiger partial charge in [0.25, 0.3) is 0 Å². The van der Waals surface area contributed by atoms with Crippen LogP contribution >= 0.6 is 0 Å². The number of carbonyl (C=O) groups excluding carboxylic acids is 3. The molecule has 1 aromatic carbocycles. The fourth-order valence-electron chi connectivity index (χ4n) is 6.69. The molecule has 41 heavy (non-hydrogen) atoms. The summed E-state index contributed by atoms with van der Waals surface area (Å²) >= 11 is 0. The summed E-state index contributed by atoms with van der Waals surface area (Å²) < 4.78 is 17.4. The van der Waals surface area contributed by atoms with E-state index >= 15 is 0 Å². The second kappa shape index (κ2) is 11.5. The number of hydrogen-bond donors (Lipinski definition) is 0. The first-order valence-electron chi connectivity index (χ1n) is 14.7. The Morgan fingerprint density at radius 3 is 2.39 bits per heavy atom. The SMILES string of the molecule is COC(=O)[C@]12C[C@H](CC(=O)N3CCC(c4ccccc4)CC3)C(=O)N(Cc3ccco3)C1=C[C@H](C(C)(C)C)O[C@@H]2C. The maximum absolute atomic E-state index is 14.2. The molecule has 0 unspecified atom stereocenters. The summed E-state index contributed by atoms with van der Waals surface area (Å²) in [6, 6.07) is 14.0. The number of likely N-dealkylation sites (tertiary alicyclic amines) is 2. The van der Waals surface area contributed by atoms with Gasteiger partial charge in [-0.2, -0.15) is 0 Å². The molecular weight excluding hydrogens is 520 g/mol. The number of furan rings is 1. The van der Waals surface area contributed by atoms with Crippen LogP contribution in [0.15, 0.2) is 64.9 Å². The smallest absolute Gasteiger partial charge is 0.320 e. The average molecular weight is 563 g/mol. The van der Waals surface area contributed by atoms with Crippen molar-refractivity contribution in [3.05, 3.63) is 71.8 Å². The quantitative estimate of drug-likeness (QED) is 0.444. The van der Waals surface area contributed by atoms with Crippen LogP contribution in [-0.4, -0.2) is 60.0 Å². The van der Waals surface area contributed by atoms with E-state index in [4.69, 9.17) is 13.9 Å². The van der Waals surface area contributed by atoms with E-state index in [0.717, 1.165) is 12.8 Å². The molecule has 0 bridgehead atoms. The summed E-state index contributed by atoms with van der Waals surface area (Å²) in [7, 11) is 1.36. The van der Waals surface area contributed by atoms with Crippen molar-refractivity contribution in [3.63, 3.8) is 0 Å². The molecule has 220 valence electrons. The number of esters is 1. The van der Waals surface area contributed by atoms with Gasteiger partial charge < -0.3 is 23.7 Å². The van der Waals surface area contributed by atoms with Gasteiger partial charge in [-0.3, -0.25) is 14.4 Å². The first-order valence-corrected chi connectivity index (χ1v) is 14.7. The molecule has 1 aromatic heterocycles. The number of rotatable bonds is 6. The van der Waals surface area contributed by atoms with Crippen LogP contribution in [0.1, 0.15) is 70.6 Å². The van der Waals surface area contributed by atoms with Crippen LogP contribution in [0.25, 0.3) is 0 Å². The van der Waals surface area contributed by atoms with Gasteiger partial charge >= 0.3 is 5.97 Å². The molecule has 4 heterocycles. The Bertz CT molecular complexity index is 1270. The van der Waals surface area contributed by atoms with Gasteiger partial charge in [0.05, 0.1) is 32.1 Å². The molecule has 2 saturated heterocycles. The summed E-state index contributed by atoms with van der Waals surface area (Å²) in [5.41, 5.74) is 0.399. The van der Waals surface area contributed by atoms with Crippen molar-refractivity contribution in [2.45, 2.75) is 78.0 Å². The monoisotopic (exact) mass is 562 g/mol. The van der Waals surface area contributed by atoms with E-state index in [-0.39, 0.29) is 42.7 Å². The molecule has 0 aliphatic carbocycles. The van der Waals surface area contributed by atoms with Crippen molar-refractivity contribution >= 4 is 17.8 Å². The number of amides is 2. The zero-order chi connectivity index (χ0) is 29.4. The number of carbonyl (C=O) groups is 3. The van der Waals surface area contributed by atoms with Gasteiger partial charge in [0, 0.05) is 31.1 Å². The molecule has 2 aromatic rings. The Hall–Kier alpha value is -3.39. The molecule has 8 nitrogen and oxygen atoms in total. The molecule has 3 aliphatic heterocycles.